The third-order valence-corrected chi connectivity index (χ3v) is 3.58. The first kappa shape index (κ1) is 12.8. The molecule has 0 radical (unpaired) electrons. The third kappa shape index (κ3) is 2.99. The Morgan fingerprint density at radius 2 is 1.89 bits per heavy atom. The van der Waals surface area contributed by atoms with Gasteiger partial charge < -0.3 is 5.32 Å². The molecule has 18 heavy (non-hydrogen) atoms. The average Bonchev–Trinajstić information content (AvgIpc) is 2.90. The van der Waals surface area contributed by atoms with Crippen LogP contribution in [0.1, 0.15) is 35.8 Å². The van der Waals surface area contributed by atoms with Crippen molar-refractivity contribution >= 4 is 17.2 Å². The fourth-order valence-corrected chi connectivity index (χ4v) is 2.55. The smallest absolute Gasteiger partial charge is 0.252 e. The highest BCUT2D eigenvalue weighted by Crippen LogP contribution is 2.22. The maximum absolute atomic E-state index is 12.1. The second kappa shape index (κ2) is 5.83. The molecule has 0 aliphatic heterocycles. The second-order valence-corrected chi connectivity index (χ2v) is 5.40. The van der Waals surface area contributed by atoms with Gasteiger partial charge in [-0.05, 0) is 22.9 Å². The van der Waals surface area contributed by atoms with Crippen molar-refractivity contribution in [3.8, 4) is 0 Å². The Balaban J connectivity index is 2.15. The van der Waals surface area contributed by atoms with Crippen molar-refractivity contribution in [1.29, 1.82) is 0 Å². The van der Waals surface area contributed by atoms with Gasteiger partial charge in [0.25, 0.3) is 5.91 Å². The summed E-state index contributed by atoms with van der Waals surface area (Å²) in [5.41, 5.74) is 1.89. The number of benzene rings is 1. The van der Waals surface area contributed by atoms with Gasteiger partial charge in [-0.2, -0.15) is 11.3 Å². The molecule has 0 aliphatic carbocycles. The number of carbonyl (C=O) groups is 1. The molecular weight excluding hydrogens is 242 g/mol. The third-order valence-electron chi connectivity index (χ3n) is 2.90. The van der Waals surface area contributed by atoms with E-state index in [1.807, 2.05) is 35.0 Å². The van der Waals surface area contributed by atoms with E-state index >= 15 is 0 Å². The Labute approximate surface area is 112 Å². The van der Waals surface area contributed by atoms with Gasteiger partial charge in [0.15, 0.2) is 0 Å². The van der Waals surface area contributed by atoms with Crippen LogP contribution in [-0.4, -0.2) is 5.91 Å². The minimum absolute atomic E-state index is 0.00111. The molecule has 94 valence electrons. The Bertz CT molecular complexity index is 490. The van der Waals surface area contributed by atoms with Crippen molar-refractivity contribution in [3.05, 3.63) is 58.3 Å². The summed E-state index contributed by atoms with van der Waals surface area (Å²) in [5.74, 6) is 0.355. The first-order valence-electron chi connectivity index (χ1n) is 6.06. The standard InChI is InChI=1S/C15H17NOS/c1-11(2)14(12-6-4-3-5-7-12)16-15(17)13-8-9-18-10-13/h3-11,14H,1-2H3,(H,16,17). The van der Waals surface area contributed by atoms with Gasteiger partial charge in [-0.25, -0.2) is 0 Å². The molecule has 1 aromatic heterocycles. The summed E-state index contributed by atoms with van der Waals surface area (Å²) < 4.78 is 0. The molecule has 0 saturated heterocycles. The van der Waals surface area contributed by atoms with Gasteiger partial charge in [-0.1, -0.05) is 44.2 Å². The van der Waals surface area contributed by atoms with Crippen molar-refractivity contribution in [1.82, 2.24) is 5.32 Å². The second-order valence-electron chi connectivity index (χ2n) is 4.62. The molecule has 2 nitrogen and oxygen atoms in total. The van der Waals surface area contributed by atoms with E-state index in [4.69, 9.17) is 0 Å². The van der Waals surface area contributed by atoms with Crippen molar-refractivity contribution in [2.24, 2.45) is 5.92 Å². The molecule has 1 unspecified atom stereocenters. The van der Waals surface area contributed by atoms with Crippen LogP contribution in [0.3, 0.4) is 0 Å². The van der Waals surface area contributed by atoms with E-state index in [9.17, 15) is 4.79 Å². The van der Waals surface area contributed by atoms with E-state index in [0.29, 0.717) is 5.92 Å². The van der Waals surface area contributed by atoms with Crippen molar-refractivity contribution in [3.63, 3.8) is 0 Å². The molecular formula is C15H17NOS. The molecule has 1 atom stereocenters. The van der Waals surface area contributed by atoms with Crippen LogP contribution in [0.2, 0.25) is 0 Å². The summed E-state index contributed by atoms with van der Waals surface area (Å²) in [5, 5.41) is 6.89. The van der Waals surface area contributed by atoms with Crippen LogP contribution < -0.4 is 5.32 Å². The van der Waals surface area contributed by atoms with Crippen LogP contribution in [-0.2, 0) is 0 Å². The van der Waals surface area contributed by atoms with Crippen LogP contribution in [0.4, 0.5) is 0 Å². The first-order valence-corrected chi connectivity index (χ1v) is 7.01. The molecule has 2 rings (SSSR count). The fourth-order valence-electron chi connectivity index (χ4n) is 1.91. The summed E-state index contributed by atoms with van der Waals surface area (Å²) in [6.07, 6.45) is 0. The number of thiophene rings is 1. The highest BCUT2D eigenvalue weighted by molar-refractivity contribution is 7.08. The van der Waals surface area contributed by atoms with Gasteiger partial charge in [0, 0.05) is 5.38 Å². The zero-order chi connectivity index (χ0) is 13.0. The maximum Gasteiger partial charge on any atom is 0.252 e. The molecule has 0 saturated carbocycles. The normalized spacial score (nSPS) is 12.4. The van der Waals surface area contributed by atoms with Gasteiger partial charge in [-0.15, -0.1) is 0 Å². The summed E-state index contributed by atoms with van der Waals surface area (Å²) in [4.78, 5) is 12.1. The van der Waals surface area contributed by atoms with Crippen LogP contribution in [0.5, 0.6) is 0 Å². The summed E-state index contributed by atoms with van der Waals surface area (Å²) in [6.45, 7) is 4.23. The number of hydrogen-bond acceptors (Lipinski definition) is 2. The Hall–Kier alpha value is -1.61. The molecule has 1 N–H and O–H groups in total. The molecule has 2 aromatic rings. The molecule has 0 aliphatic rings. The van der Waals surface area contributed by atoms with Crippen molar-refractivity contribution < 1.29 is 4.79 Å². The lowest BCUT2D eigenvalue weighted by Gasteiger charge is -2.22. The minimum Gasteiger partial charge on any atom is -0.345 e. The SMILES string of the molecule is CC(C)C(NC(=O)c1ccsc1)c1ccccc1. The van der Waals surface area contributed by atoms with E-state index in [1.165, 1.54) is 11.3 Å². The van der Waals surface area contributed by atoms with Crippen molar-refractivity contribution in [2.45, 2.75) is 19.9 Å². The maximum atomic E-state index is 12.1. The van der Waals surface area contributed by atoms with Crippen LogP contribution in [0, 0.1) is 5.92 Å². The lowest BCUT2D eigenvalue weighted by Crippen LogP contribution is -2.31. The largest absolute Gasteiger partial charge is 0.345 e. The number of rotatable bonds is 4. The average molecular weight is 259 g/mol. The lowest BCUT2D eigenvalue weighted by molar-refractivity contribution is 0.0926. The predicted molar refractivity (Wildman–Crippen MR) is 75.8 cm³/mol. The zero-order valence-corrected chi connectivity index (χ0v) is 11.4. The van der Waals surface area contributed by atoms with E-state index < -0.39 is 0 Å². The van der Waals surface area contributed by atoms with Gasteiger partial charge in [-0.3, -0.25) is 4.79 Å². The highest BCUT2D eigenvalue weighted by atomic mass is 32.1. The molecule has 1 aromatic carbocycles. The van der Waals surface area contributed by atoms with E-state index in [2.05, 4.69) is 31.3 Å². The Morgan fingerprint density at radius 3 is 2.44 bits per heavy atom. The number of amides is 1. The molecule has 1 amide bonds. The number of nitrogens with one attached hydrogen (secondary N) is 1. The molecule has 3 heteroatoms. The molecule has 0 spiro atoms. The Kier molecular flexibility index (Phi) is 4.15. The van der Waals surface area contributed by atoms with Gasteiger partial charge in [0.2, 0.25) is 0 Å². The number of carbonyl (C=O) groups excluding carboxylic acids is 1. The van der Waals surface area contributed by atoms with Crippen LogP contribution in [0.25, 0.3) is 0 Å². The summed E-state index contributed by atoms with van der Waals surface area (Å²) >= 11 is 1.54. The number of hydrogen-bond donors (Lipinski definition) is 1. The highest BCUT2D eigenvalue weighted by Gasteiger charge is 2.18. The van der Waals surface area contributed by atoms with E-state index in [-0.39, 0.29) is 11.9 Å². The van der Waals surface area contributed by atoms with E-state index in [1.54, 1.807) is 0 Å². The monoisotopic (exact) mass is 259 g/mol. The van der Waals surface area contributed by atoms with Gasteiger partial charge in [0.1, 0.15) is 0 Å². The van der Waals surface area contributed by atoms with Gasteiger partial charge >= 0.3 is 0 Å². The van der Waals surface area contributed by atoms with Crippen LogP contribution in [0.15, 0.2) is 47.2 Å². The minimum atomic E-state index is -0.00111. The lowest BCUT2D eigenvalue weighted by atomic mass is 9.96. The van der Waals surface area contributed by atoms with Crippen LogP contribution >= 0.6 is 11.3 Å². The van der Waals surface area contributed by atoms with E-state index in [0.717, 1.165) is 11.1 Å². The first-order chi connectivity index (χ1) is 8.68. The summed E-state index contributed by atoms with van der Waals surface area (Å²) in [7, 11) is 0. The molecule has 0 fully saturated rings. The van der Waals surface area contributed by atoms with Gasteiger partial charge in [0.05, 0.1) is 11.6 Å². The molecule has 1 heterocycles. The quantitative estimate of drug-likeness (QED) is 0.887. The summed E-state index contributed by atoms with van der Waals surface area (Å²) in [6, 6.07) is 12.0. The molecule has 0 bridgehead atoms. The zero-order valence-electron chi connectivity index (χ0n) is 10.6. The van der Waals surface area contributed by atoms with Crippen molar-refractivity contribution in [2.75, 3.05) is 0 Å². The Morgan fingerprint density at radius 1 is 1.17 bits per heavy atom. The predicted octanol–water partition coefficient (Wildman–Crippen LogP) is 3.88. The topological polar surface area (TPSA) is 29.1 Å². The fraction of sp³-hybridized carbons (Fsp3) is 0.267.